The number of para-hydroxylation sites is 1. The van der Waals surface area contributed by atoms with E-state index in [9.17, 15) is 0 Å². The van der Waals surface area contributed by atoms with Crippen molar-refractivity contribution in [3.63, 3.8) is 0 Å². The van der Waals surface area contributed by atoms with Crippen molar-refractivity contribution in [2.75, 3.05) is 34.5 Å². The van der Waals surface area contributed by atoms with Crippen molar-refractivity contribution in [2.45, 2.75) is 32.0 Å². The first-order valence-corrected chi connectivity index (χ1v) is 10.8. The first-order chi connectivity index (χ1) is 15.1. The van der Waals surface area contributed by atoms with Crippen LogP contribution < -0.4 is 14.2 Å². The molecule has 6 nitrogen and oxygen atoms in total. The van der Waals surface area contributed by atoms with Crippen molar-refractivity contribution in [3.8, 4) is 17.2 Å². The largest absolute Gasteiger partial charge is 0.493 e. The van der Waals surface area contributed by atoms with Crippen LogP contribution in [-0.2, 0) is 24.9 Å². The Hall–Kier alpha value is -2.70. The lowest BCUT2D eigenvalue weighted by molar-refractivity contribution is 0.0677. The number of benzene rings is 2. The van der Waals surface area contributed by atoms with Gasteiger partial charge in [0.1, 0.15) is 0 Å². The molecule has 1 aromatic heterocycles. The second-order valence-electron chi connectivity index (χ2n) is 8.08. The molecular formula is C25H32N2O4. The molecule has 4 rings (SSSR count). The van der Waals surface area contributed by atoms with E-state index in [0.717, 1.165) is 50.4 Å². The van der Waals surface area contributed by atoms with E-state index < -0.39 is 0 Å². The summed E-state index contributed by atoms with van der Waals surface area (Å²) in [5.41, 5.74) is 3.63. The number of rotatable bonds is 9. The molecule has 0 spiro atoms. The average Bonchev–Trinajstić information content (AvgIpc) is 3.41. The standard InChI is InChI=1S/C25H32N2O4/c1-26-14-19(21-9-5-6-10-22(21)26)16-27(17-20-8-7-13-31-20)15-18-11-12-23(28-2)25(30-4)24(18)29-3/h5-6,9-12,14,20H,7-8,13,15-17H2,1-4H3/t20-/m0/s1. The van der Waals surface area contributed by atoms with Crippen molar-refractivity contribution in [1.29, 1.82) is 0 Å². The molecule has 0 radical (unpaired) electrons. The van der Waals surface area contributed by atoms with Gasteiger partial charge in [-0.2, -0.15) is 0 Å². The van der Waals surface area contributed by atoms with Crippen LogP contribution in [0.3, 0.4) is 0 Å². The number of ether oxygens (including phenoxy) is 4. The Morgan fingerprint density at radius 1 is 0.968 bits per heavy atom. The highest BCUT2D eigenvalue weighted by atomic mass is 16.5. The number of aromatic nitrogens is 1. The van der Waals surface area contributed by atoms with Crippen molar-refractivity contribution in [1.82, 2.24) is 9.47 Å². The Kier molecular flexibility index (Phi) is 6.68. The van der Waals surface area contributed by atoms with Crippen LogP contribution in [0, 0.1) is 0 Å². The summed E-state index contributed by atoms with van der Waals surface area (Å²) in [5.74, 6) is 2.02. The number of aryl methyl sites for hydroxylation is 1. The summed E-state index contributed by atoms with van der Waals surface area (Å²) in [6, 6.07) is 12.6. The summed E-state index contributed by atoms with van der Waals surface area (Å²) in [5, 5.41) is 1.29. The fourth-order valence-electron chi connectivity index (χ4n) is 4.58. The van der Waals surface area contributed by atoms with Crippen LogP contribution in [0.15, 0.2) is 42.6 Å². The maximum Gasteiger partial charge on any atom is 0.203 e. The molecule has 1 aliphatic heterocycles. The van der Waals surface area contributed by atoms with E-state index in [4.69, 9.17) is 18.9 Å². The molecule has 1 fully saturated rings. The number of hydrogen-bond donors (Lipinski definition) is 0. The zero-order valence-electron chi connectivity index (χ0n) is 18.9. The van der Waals surface area contributed by atoms with Crippen LogP contribution in [0.25, 0.3) is 10.9 Å². The van der Waals surface area contributed by atoms with Gasteiger partial charge in [-0.3, -0.25) is 4.90 Å². The van der Waals surface area contributed by atoms with Crippen molar-refractivity contribution in [2.24, 2.45) is 7.05 Å². The van der Waals surface area contributed by atoms with Crippen LogP contribution in [0.4, 0.5) is 0 Å². The van der Waals surface area contributed by atoms with E-state index in [-0.39, 0.29) is 6.10 Å². The molecule has 166 valence electrons. The van der Waals surface area contributed by atoms with Gasteiger partial charge in [0, 0.05) is 56.0 Å². The minimum absolute atomic E-state index is 0.265. The Morgan fingerprint density at radius 3 is 2.45 bits per heavy atom. The highest BCUT2D eigenvalue weighted by molar-refractivity contribution is 5.83. The van der Waals surface area contributed by atoms with E-state index in [1.807, 2.05) is 6.07 Å². The zero-order valence-corrected chi connectivity index (χ0v) is 18.9. The zero-order chi connectivity index (χ0) is 21.8. The predicted molar refractivity (Wildman–Crippen MR) is 122 cm³/mol. The highest BCUT2D eigenvalue weighted by Crippen LogP contribution is 2.40. The molecular weight excluding hydrogens is 392 g/mol. The van der Waals surface area contributed by atoms with Gasteiger partial charge in [0.25, 0.3) is 0 Å². The summed E-state index contributed by atoms with van der Waals surface area (Å²) >= 11 is 0. The maximum atomic E-state index is 5.97. The molecule has 2 aromatic carbocycles. The van der Waals surface area contributed by atoms with E-state index in [0.29, 0.717) is 11.5 Å². The monoisotopic (exact) mass is 424 g/mol. The molecule has 0 saturated carbocycles. The normalized spacial score (nSPS) is 16.2. The number of hydrogen-bond acceptors (Lipinski definition) is 5. The molecule has 1 aliphatic rings. The maximum absolute atomic E-state index is 5.97. The van der Waals surface area contributed by atoms with Crippen molar-refractivity contribution in [3.05, 3.63) is 53.7 Å². The van der Waals surface area contributed by atoms with Crippen molar-refractivity contribution >= 4 is 10.9 Å². The van der Waals surface area contributed by atoms with Crippen LogP contribution in [0.1, 0.15) is 24.0 Å². The van der Waals surface area contributed by atoms with Gasteiger partial charge in [0.05, 0.1) is 27.4 Å². The number of methoxy groups -OCH3 is 3. The van der Waals surface area contributed by atoms with Gasteiger partial charge >= 0.3 is 0 Å². The van der Waals surface area contributed by atoms with Crippen LogP contribution >= 0.6 is 0 Å². The molecule has 1 atom stereocenters. The first-order valence-electron chi connectivity index (χ1n) is 10.8. The van der Waals surface area contributed by atoms with E-state index in [1.54, 1.807) is 21.3 Å². The van der Waals surface area contributed by atoms with E-state index in [1.165, 1.54) is 16.5 Å². The molecule has 3 aromatic rings. The average molecular weight is 425 g/mol. The van der Waals surface area contributed by atoms with Gasteiger partial charge in [0.2, 0.25) is 5.75 Å². The van der Waals surface area contributed by atoms with Gasteiger partial charge in [-0.25, -0.2) is 0 Å². The van der Waals surface area contributed by atoms with Gasteiger partial charge in [-0.15, -0.1) is 0 Å². The first kappa shape index (κ1) is 21.5. The minimum atomic E-state index is 0.265. The topological polar surface area (TPSA) is 45.1 Å². The third-order valence-corrected chi connectivity index (χ3v) is 6.04. The summed E-state index contributed by atoms with van der Waals surface area (Å²) in [4.78, 5) is 2.45. The summed E-state index contributed by atoms with van der Waals surface area (Å²) in [7, 11) is 7.06. The number of nitrogens with zero attached hydrogens (tertiary/aromatic N) is 2. The molecule has 0 aliphatic carbocycles. The van der Waals surface area contributed by atoms with Gasteiger partial charge in [-0.1, -0.05) is 24.3 Å². The summed E-state index contributed by atoms with van der Waals surface area (Å²) < 4.78 is 25.0. The summed E-state index contributed by atoms with van der Waals surface area (Å²) in [6.07, 6.45) is 4.74. The second-order valence-corrected chi connectivity index (χ2v) is 8.08. The molecule has 1 saturated heterocycles. The lowest BCUT2D eigenvalue weighted by Gasteiger charge is -2.26. The SMILES string of the molecule is COc1ccc(CN(Cc2cn(C)c3ccccc23)C[C@@H]2CCCO2)c(OC)c1OC. The van der Waals surface area contributed by atoms with E-state index >= 15 is 0 Å². The number of fused-ring (bicyclic) bond motifs is 1. The fourth-order valence-corrected chi connectivity index (χ4v) is 4.58. The fraction of sp³-hybridized carbons (Fsp3) is 0.440. The summed E-state index contributed by atoms with van der Waals surface area (Å²) in [6.45, 7) is 3.29. The van der Waals surface area contributed by atoms with Crippen LogP contribution in [-0.4, -0.2) is 50.1 Å². The predicted octanol–water partition coefficient (Wildman–Crippen LogP) is 4.39. The highest BCUT2D eigenvalue weighted by Gasteiger charge is 2.23. The van der Waals surface area contributed by atoms with Gasteiger partial charge < -0.3 is 23.5 Å². The Balaban J connectivity index is 1.65. The minimum Gasteiger partial charge on any atom is -0.493 e. The molecule has 0 amide bonds. The quantitative estimate of drug-likeness (QED) is 0.510. The van der Waals surface area contributed by atoms with Crippen LogP contribution in [0.5, 0.6) is 17.2 Å². The molecule has 0 unspecified atom stereocenters. The third kappa shape index (κ3) is 4.50. The van der Waals surface area contributed by atoms with E-state index in [2.05, 4.69) is 53.0 Å². The molecule has 0 bridgehead atoms. The smallest absolute Gasteiger partial charge is 0.203 e. The molecule has 6 heteroatoms. The van der Waals surface area contributed by atoms with Gasteiger partial charge in [-0.05, 0) is 30.5 Å². The molecule has 2 heterocycles. The lowest BCUT2D eigenvalue weighted by atomic mass is 10.1. The Labute approximate surface area is 184 Å². The van der Waals surface area contributed by atoms with Crippen LogP contribution in [0.2, 0.25) is 0 Å². The second kappa shape index (κ2) is 9.62. The lowest BCUT2D eigenvalue weighted by Crippen LogP contribution is -2.31. The van der Waals surface area contributed by atoms with Crippen molar-refractivity contribution < 1.29 is 18.9 Å². The van der Waals surface area contributed by atoms with Gasteiger partial charge in [0.15, 0.2) is 11.5 Å². The third-order valence-electron chi connectivity index (χ3n) is 6.04. The molecule has 31 heavy (non-hydrogen) atoms. The Bertz CT molecular complexity index is 1020. The Morgan fingerprint density at radius 2 is 1.74 bits per heavy atom. The molecule has 0 N–H and O–H groups in total.